The lowest BCUT2D eigenvalue weighted by molar-refractivity contribution is 0.0526. The number of nitrogens with two attached hydrogens (primary N) is 1. The minimum Gasteiger partial charge on any atom is -0.462 e. The molecule has 0 amide bonds. The largest absolute Gasteiger partial charge is 0.462 e. The van der Waals surface area contributed by atoms with Crippen LogP contribution in [0.3, 0.4) is 0 Å². The molecule has 1 aromatic heterocycles. The Bertz CT molecular complexity index is 504. The molecular weight excluding hydrogens is 196 g/mol. The van der Waals surface area contributed by atoms with Crippen molar-refractivity contribution in [3.8, 4) is 0 Å². The van der Waals surface area contributed by atoms with E-state index in [9.17, 15) is 4.79 Å². The second kappa shape index (κ2) is 3.61. The number of rotatable bonds is 2. The van der Waals surface area contributed by atoms with Crippen molar-refractivity contribution in [2.24, 2.45) is 0 Å². The van der Waals surface area contributed by atoms with Crippen molar-refractivity contribution in [3.63, 3.8) is 0 Å². The smallest absolute Gasteiger partial charge is 0.338 e. The van der Waals surface area contributed by atoms with Gasteiger partial charge in [0.05, 0.1) is 12.2 Å². The Morgan fingerprint density at radius 2 is 2.40 bits per heavy atom. The predicted octanol–water partition coefficient (Wildman–Crippen LogP) is 1.59. The van der Waals surface area contributed by atoms with E-state index < -0.39 is 0 Å². The van der Waals surface area contributed by atoms with Crippen molar-refractivity contribution in [1.29, 1.82) is 0 Å². The minimum atomic E-state index is -0.380. The molecule has 0 unspecified atom stereocenters. The number of hydrogen-bond donors (Lipinski definition) is 1. The number of ether oxygens (including phenoxy) is 1. The highest BCUT2D eigenvalue weighted by Gasteiger charge is 2.09. The normalized spacial score (nSPS) is 10.5. The van der Waals surface area contributed by atoms with Gasteiger partial charge in [-0.15, -0.1) is 0 Å². The number of carbonyl (C=O) groups is 1. The summed E-state index contributed by atoms with van der Waals surface area (Å²) in [5.41, 5.74) is 6.92. The standard InChI is InChI=1S/C10H10N2O3/c1-2-14-9(13)6-3-4-7-8(5-6)15-10(11)12-7/h3-5H,2H2,1H3,(H2,11,12). The third kappa shape index (κ3) is 1.76. The van der Waals surface area contributed by atoms with Crippen LogP contribution in [0.1, 0.15) is 17.3 Å². The molecule has 78 valence electrons. The second-order valence-electron chi connectivity index (χ2n) is 2.96. The summed E-state index contributed by atoms with van der Waals surface area (Å²) in [4.78, 5) is 15.3. The summed E-state index contributed by atoms with van der Waals surface area (Å²) in [6, 6.07) is 4.95. The molecule has 2 aromatic rings. The lowest BCUT2D eigenvalue weighted by Gasteiger charge is -1.99. The molecule has 0 bridgehead atoms. The molecule has 2 rings (SSSR count). The monoisotopic (exact) mass is 206 g/mol. The summed E-state index contributed by atoms with van der Waals surface area (Å²) >= 11 is 0. The number of nitrogen functional groups attached to an aromatic ring is 1. The van der Waals surface area contributed by atoms with Crippen LogP contribution in [0.2, 0.25) is 0 Å². The van der Waals surface area contributed by atoms with Gasteiger partial charge in [0.1, 0.15) is 5.52 Å². The van der Waals surface area contributed by atoms with Gasteiger partial charge in [-0.3, -0.25) is 0 Å². The van der Waals surface area contributed by atoms with Gasteiger partial charge in [0.15, 0.2) is 5.58 Å². The van der Waals surface area contributed by atoms with E-state index in [1.54, 1.807) is 25.1 Å². The molecular formula is C10H10N2O3. The Kier molecular flexibility index (Phi) is 2.29. The predicted molar refractivity (Wildman–Crippen MR) is 54.4 cm³/mol. The molecule has 2 N–H and O–H groups in total. The summed E-state index contributed by atoms with van der Waals surface area (Å²) in [7, 11) is 0. The van der Waals surface area contributed by atoms with Crippen molar-refractivity contribution in [3.05, 3.63) is 23.8 Å². The number of anilines is 1. The van der Waals surface area contributed by atoms with Gasteiger partial charge in [0, 0.05) is 0 Å². The molecule has 0 atom stereocenters. The van der Waals surface area contributed by atoms with Crippen molar-refractivity contribution >= 4 is 23.1 Å². The topological polar surface area (TPSA) is 78.3 Å². The molecule has 0 aliphatic rings. The van der Waals surface area contributed by atoms with E-state index in [4.69, 9.17) is 14.9 Å². The Balaban J connectivity index is 2.41. The summed E-state index contributed by atoms with van der Waals surface area (Å²) in [5.74, 6) is -0.380. The number of hydrogen-bond acceptors (Lipinski definition) is 5. The number of fused-ring (bicyclic) bond motifs is 1. The van der Waals surface area contributed by atoms with Crippen LogP contribution in [-0.2, 0) is 4.74 Å². The number of oxazole rings is 1. The highest BCUT2D eigenvalue weighted by molar-refractivity contribution is 5.93. The average molecular weight is 206 g/mol. The number of carbonyl (C=O) groups excluding carboxylic acids is 1. The first kappa shape index (κ1) is 9.51. The average Bonchev–Trinajstić information content (AvgIpc) is 2.57. The van der Waals surface area contributed by atoms with Gasteiger partial charge < -0.3 is 14.9 Å². The molecule has 0 saturated heterocycles. The molecule has 0 saturated carbocycles. The van der Waals surface area contributed by atoms with Crippen molar-refractivity contribution < 1.29 is 13.9 Å². The van der Waals surface area contributed by atoms with Gasteiger partial charge in [0.25, 0.3) is 6.01 Å². The highest BCUT2D eigenvalue weighted by Crippen LogP contribution is 2.18. The van der Waals surface area contributed by atoms with E-state index in [1.165, 1.54) is 0 Å². The summed E-state index contributed by atoms with van der Waals surface area (Å²) in [6.07, 6.45) is 0. The maximum atomic E-state index is 11.4. The van der Waals surface area contributed by atoms with Crippen LogP contribution >= 0.6 is 0 Å². The number of aromatic nitrogens is 1. The van der Waals surface area contributed by atoms with Gasteiger partial charge in [-0.2, -0.15) is 4.98 Å². The van der Waals surface area contributed by atoms with E-state index in [0.717, 1.165) is 0 Å². The first-order chi connectivity index (χ1) is 7.20. The molecule has 0 spiro atoms. The van der Waals surface area contributed by atoms with Crippen LogP contribution in [0.25, 0.3) is 11.1 Å². The molecule has 5 heteroatoms. The zero-order chi connectivity index (χ0) is 10.8. The van der Waals surface area contributed by atoms with Crippen LogP contribution in [-0.4, -0.2) is 17.6 Å². The molecule has 0 aliphatic heterocycles. The summed E-state index contributed by atoms with van der Waals surface area (Å²) < 4.78 is 9.95. The van der Waals surface area contributed by atoms with E-state index in [2.05, 4.69) is 4.98 Å². The minimum absolute atomic E-state index is 0.0889. The molecule has 5 nitrogen and oxygen atoms in total. The van der Waals surface area contributed by atoms with Crippen LogP contribution < -0.4 is 5.73 Å². The van der Waals surface area contributed by atoms with E-state index >= 15 is 0 Å². The first-order valence-electron chi connectivity index (χ1n) is 4.54. The maximum absolute atomic E-state index is 11.4. The maximum Gasteiger partial charge on any atom is 0.338 e. The lowest BCUT2D eigenvalue weighted by Crippen LogP contribution is -2.03. The van der Waals surface area contributed by atoms with Crippen LogP contribution in [0, 0.1) is 0 Å². The fourth-order valence-electron chi connectivity index (χ4n) is 1.28. The Hall–Kier alpha value is -2.04. The SMILES string of the molecule is CCOC(=O)c1ccc2nc(N)oc2c1. The van der Waals surface area contributed by atoms with Crippen LogP contribution in [0.5, 0.6) is 0 Å². The van der Waals surface area contributed by atoms with Gasteiger partial charge in [-0.05, 0) is 25.1 Å². The molecule has 0 fully saturated rings. The van der Waals surface area contributed by atoms with Gasteiger partial charge in [0.2, 0.25) is 0 Å². The third-order valence-electron chi connectivity index (χ3n) is 1.92. The van der Waals surface area contributed by atoms with Crippen LogP contribution in [0.4, 0.5) is 6.01 Å². The van der Waals surface area contributed by atoms with Crippen molar-refractivity contribution in [2.75, 3.05) is 12.3 Å². The second-order valence-corrected chi connectivity index (χ2v) is 2.96. The van der Waals surface area contributed by atoms with E-state index in [0.29, 0.717) is 23.3 Å². The van der Waals surface area contributed by atoms with Crippen molar-refractivity contribution in [2.45, 2.75) is 6.92 Å². The molecule has 0 aliphatic carbocycles. The first-order valence-corrected chi connectivity index (χ1v) is 4.54. The van der Waals surface area contributed by atoms with Crippen molar-refractivity contribution in [1.82, 2.24) is 4.98 Å². The van der Waals surface area contributed by atoms with Gasteiger partial charge in [-0.25, -0.2) is 4.79 Å². The summed E-state index contributed by atoms with van der Waals surface area (Å²) in [5, 5.41) is 0. The number of benzene rings is 1. The van der Waals surface area contributed by atoms with Crippen LogP contribution in [0.15, 0.2) is 22.6 Å². The van der Waals surface area contributed by atoms with Gasteiger partial charge in [-0.1, -0.05) is 0 Å². The zero-order valence-corrected chi connectivity index (χ0v) is 8.19. The third-order valence-corrected chi connectivity index (χ3v) is 1.92. The highest BCUT2D eigenvalue weighted by atomic mass is 16.5. The quantitative estimate of drug-likeness (QED) is 0.755. The Morgan fingerprint density at radius 3 is 3.13 bits per heavy atom. The Labute approximate surface area is 85.8 Å². The summed E-state index contributed by atoms with van der Waals surface area (Å²) in [6.45, 7) is 2.10. The molecule has 15 heavy (non-hydrogen) atoms. The molecule has 0 radical (unpaired) electrons. The molecule has 1 aromatic carbocycles. The zero-order valence-electron chi connectivity index (χ0n) is 8.19. The van der Waals surface area contributed by atoms with Gasteiger partial charge >= 0.3 is 5.97 Å². The molecule has 1 heterocycles. The number of esters is 1. The fourth-order valence-corrected chi connectivity index (χ4v) is 1.28. The van der Waals surface area contributed by atoms with E-state index in [1.807, 2.05) is 0 Å². The number of nitrogens with zero attached hydrogens (tertiary/aromatic N) is 1. The fraction of sp³-hybridized carbons (Fsp3) is 0.200. The lowest BCUT2D eigenvalue weighted by atomic mass is 10.2. The Morgan fingerprint density at radius 1 is 1.60 bits per heavy atom. The van der Waals surface area contributed by atoms with E-state index in [-0.39, 0.29) is 12.0 Å².